The van der Waals surface area contributed by atoms with Crippen LogP contribution in [0, 0.1) is 0 Å². The van der Waals surface area contributed by atoms with E-state index in [4.69, 9.17) is 4.98 Å². The maximum atomic E-state index is 4.70. The quantitative estimate of drug-likeness (QED) is 0.822. The second kappa shape index (κ2) is 5.65. The van der Waals surface area contributed by atoms with Crippen molar-refractivity contribution in [2.24, 2.45) is 0 Å². The smallest absolute Gasteiger partial charge is 0.225 e. The van der Waals surface area contributed by atoms with E-state index in [2.05, 4.69) is 29.8 Å². The number of aromatic nitrogens is 2. The highest BCUT2D eigenvalue weighted by Gasteiger charge is 2.27. The van der Waals surface area contributed by atoms with Gasteiger partial charge in [0, 0.05) is 26.3 Å². The summed E-state index contributed by atoms with van der Waals surface area (Å²) >= 11 is 0. The van der Waals surface area contributed by atoms with Crippen molar-refractivity contribution in [3.8, 4) is 0 Å². The maximum Gasteiger partial charge on any atom is 0.225 e. The first kappa shape index (κ1) is 13.3. The molecule has 2 heterocycles. The molecule has 1 aliphatic rings. The summed E-state index contributed by atoms with van der Waals surface area (Å²) in [7, 11) is 3.97. The van der Waals surface area contributed by atoms with Crippen LogP contribution in [0.2, 0.25) is 0 Å². The van der Waals surface area contributed by atoms with Crippen LogP contribution >= 0.6 is 0 Å². The standard InChI is InChI=1S/C14H24N4/c1-11(2)18-10-6-5-7-13(18)12-8-9-15-14(16-12)17(3)4/h8-9,11,13H,5-7,10H2,1-4H3. The Morgan fingerprint density at radius 1 is 1.33 bits per heavy atom. The van der Waals surface area contributed by atoms with Crippen LogP contribution < -0.4 is 4.90 Å². The molecule has 1 saturated heterocycles. The van der Waals surface area contributed by atoms with E-state index in [0.29, 0.717) is 12.1 Å². The molecule has 0 aromatic carbocycles. The lowest BCUT2D eigenvalue weighted by Gasteiger charge is -2.38. The number of piperidine rings is 1. The summed E-state index contributed by atoms with van der Waals surface area (Å²) in [6.45, 7) is 5.72. The minimum absolute atomic E-state index is 0.459. The molecule has 1 aromatic heterocycles. The Kier molecular flexibility index (Phi) is 4.17. The van der Waals surface area contributed by atoms with Gasteiger partial charge in [-0.05, 0) is 39.3 Å². The van der Waals surface area contributed by atoms with Crippen molar-refractivity contribution in [3.63, 3.8) is 0 Å². The second-order valence-electron chi connectivity index (χ2n) is 5.52. The summed E-state index contributed by atoms with van der Waals surface area (Å²) < 4.78 is 0. The Bertz CT molecular complexity index is 389. The molecule has 1 unspecified atom stereocenters. The molecule has 0 bridgehead atoms. The Morgan fingerprint density at radius 3 is 2.78 bits per heavy atom. The monoisotopic (exact) mass is 248 g/mol. The van der Waals surface area contributed by atoms with E-state index in [-0.39, 0.29) is 0 Å². The topological polar surface area (TPSA) is 32.3 Å². The highest BCUT2D eigenvalue weighted by molar-refractivity contribution is 5.28. The molecule has 4 nitrogen and oxygen atoms in total. The number of likely N-dealkylation sites (tertiary alicyclic amines) is 1. The molecule has 4 heteroatoms. The lowest BCUT2D eigenvalue weighted by atomic mass is 9.97. The number of hydrogen-bond acceptors (Lipinski definition) is 4. The van der Waals surface area contributed by atoms with Crippen molar-refractivity contribution in [3.05, 3.63) is 18.0 Å². The van der Waals surface area contributed by atoms with Crippen LogP contribution in [0.5, 0.6) is 0 Å². The molecule has 0 spiro atoms. The van der Waals surface area contributed by atoms with E-state index in [1.165, 1.54) is 31.5 Å². The summed E-state index contributed by atoms with van der Waals surface area (Å²) in [6.07, 6.45) is 5.70. The first-order valence-electron chi connectivity index (χ1n) is 6.85. The maximum absolute atomic E-state index is 4.70. The first-order valence-corrected chi connectivity index (χ1v) is 6.85. The van der Waals surface area contributed by atoms with Crippen LogP contribution in [0.4, 0.5) is 5.95 Å². The number of nitrogens with zero attached hydrogens (tertiary/aromatic N) is 4. The molecule has 0 aliphatic carbocycles. The summed E-state index contributed by atoms with van der Waals surface area (Å²) in [5.41, 5.74) is 1.17. The van der Waals surface area contributed by atoms with E-state index < -0.39 is 0 Å². The Labute approximate surface area is 110 Å². The first-order chi connectivity index (χ1) is 8.59. The average Bonchev–Trinajstić information content (AvgIpc) is 2.39. The van der Waals surface area contributed by atoms with Crippen molar-refractivity contribution in [2.45, 2.75) is 45.2 Å². The van der Waals surface area contributed by atoms with Crippen molar-refractivity contribution in [1.82, 2.24) is 14.9 Å². The van der Waals surface area contributed by atoms with Gasteiger partial charge in [0.05, 0.1) is 11.7 Å². The summed E-state index contributed by atoms with van der Waals surface area (Å²) in [5, 5.41) is 0. The Balaban J connectivity index is 2.25. The minimum atomic E-state index is 0.459. The predicted octanol–water partition coefficient (Wildman–Crippen LogP) is 2.48. The molecule has 0 N–H and O–H groups in total. The molecule has 0 saturated carbocycles. The van der Waals surface area contributed by atoms with Crippen LogP contribution in [0.25, 0.3) is 0 Å². The van der Waals surface area contributed by atoms with Gasteiger partial charge < -0.3 is 4.90 Å². The lowest BCUT2D eigenvalue weighted by Crippen LogP contribution is -2.39. The molecular formula is C14H24N4. The molecule has 1 aliphatic heterocycles. The minimum Gasteiger partial charge on any atom is -0.347 e. The largest absolute Gasteiger partial charge is 0.347 e. The van der Waals surface area contributed by atoms with Gasteiger partial charge >= 0.3 is 0 Å². The molecule has 1 fully saturated rings. The average molecular weight is 248 g/mol. The van der Waals surface area contributed by atoms with E-state index in [0.717, 1.165) is 5.95 Å². The van der Waals surface area contributed by atoms with Crippen LogP contribution in [-0.4, -0.2) is 41.5 Å². The van der Waals surface area contributed by atoms with Crippen LogP contribution in [0.3, 0.4) is 0 Å². The van der Waals surface area contributed by atoms with Crippen molar-refractivity contribution in [2.75, 3.05) is 25.5 Å². The van der Waals surface area contributed by atoms with Gasteiger partial charge in [-0.3, -0.25) is 4.90 Å². The van der Waals surface area contributed by atoms with Gasteiger partial charge in [-0.15, -0.1) is 0 Å². The third-order valence-electron chi connectivity index (χ3n) is 3.61. The van der Waals surface area contributed by atoms with Crippen LogP contribution in [-0.2, 0) is 0 Å². The van der Waals surface area contributed by atoms with Crippen molar-refractivity contribution in [1.29, 1.82) is 0 Å². The van der Waals surface area contributed by atoms with Crippen LogP contribution in [0.1, 0.15) is 44.8 Å². The number of rotatable bonds is 3. The SMILES string of the molecule is CC(C)N1CCCCC1c1ccnc(N(C)C)n1. The van der Waals surface area contributed by atoms with Crippen molar-refractivity contribution < 1.29 is 0 Å². The van der Waals surface area contributed by atoms with Gasteiger partial charge in [-0.25, -0.2) is 9.97 Å². The highest BCUT2D eigenvalue weighted by atomic mass is 15.2. The summed E-state index contributed by atoms with van der Waals surface area (Å²) in [5.74, 6) is 0.807. The molecule has 100 valence electrons. The number of anilines is 1. The molecule has 18 heavy (non-hydrogen) atoms. The fourth-order valence-corrected chi connectivity index (χ4v) is 2.65. The zero-order valence-corrected chi connectivity index (χ0v) is 11.9. The molecule has 1 aromatic rings. The zero-order chi connectivity index (χ0) is 13.1. The molecule has 2 rings (SSSR count). The van der Waals surface area contributed by atoms with Gasteiger partial charge in [0.15, 0.2) is 0 Å². The lowest BCUT2D eigenvalue weighted by molar-refractivity contribution is 0.109. The normalized spacial score (nSPS) is 21.3. The van der Waals surface area contributed by atoms with E-state index in [1.807, 2.05) is 25.2 Å². The molecular weight excluding hydrogens is 224 g/mol. The van der Waals surface area contributed by atoms with Crippen LogP contribution in [0.15, 0.2) is 12.3 Å². The van der Waals surface area contributed by atoms with E-state index in [9.17, 15) is 0 Å². The molecule has 1 atom stereocenters. The fraction of sp³-hybridized carbons (Fsp3) is 0.714. The Morgan fingerprint density at radius 2 is 2.11 bits per heavy atom. The third kappa shape index (κ3) is 2.80. The summed E-state index contributed by atoms with van der Waals surface area (Å²) in [6, 6.07) is 3.10. The highest BCUT2D eigenvalue weighted by Crippen LogP contribution is 2.31. The van der Waals surface area contributed by atoms with Gasteiger partial charge in [0.1, 0.15) is 0 Å². The van der Waals surface area contributed by atoms with E-state index in [1.54, 1.807) is 0 Å². The molecule has 0 amide bonds. The van der Waals surface area contributed by atoms with Gasteiger partial charge in [-0.1, -0.05) is 6.42 Å². The van der Waals surface area contributed by atoms with Gasteiger partial charge in [-0.2, -0.15) is 0 Å². The zero-order valence-electron chi connectivity index (χ0n) is 11.9. The Hall–Kier alpha value is -1.16. The third-order valence-corrected chi connectivity index (χ3v) is 3.61. The van der Waals surface area contributed by atoms with Crippen molar-refractivity contribution >= 4 is 5.95 Å². The summed E-state index contributed by atoms with van der Waals surface area (Å²) in [4.78, 5) is 13.5. The van der Waals surface area contributed by atoms with Gasteiger partial charge in [0.2, 0.25) is 5.95 Å². The van der Waals surface area contributed by atoms with E-state index >= 15 is 0 Å². The number of hydrogen-bond donors (Lipinski definition) is 0. The fourth-order valence-electron chi connectivity index (χ4n) is 2.65. The second-order valence-corrected chi connectivity index (χ2v) is 5.52. The molecule has 0 radical (unpaired) electrons. The van der Waals surface area contributed by atoms with Gasteiger partial charge in [0.25, 0.3) is 0 Å². The predicted molar refractivity (Wildman–Crippen MR) is 74.8 cm³/mol.